The molecule has 3 rings (SSSR count). The Kier molecular flexibility index (Phi) is 7.07. The van der Waals surface area contributed by atoms with E-state index in [2.05, 4.69) is 15.2 Å². The standard InChI is InChI=1S/C19H23FN4O3S/c1-14-13-28-19(21-14)22-17(25)12-24(7-6-23-8-10-27-11-9-23)18(26)15-2-4-16(20)5-3-15/h2-5,13H,6-12H2,1H3,(H,21,22,25). The van der Waals surface area contributed by atoms with Crippen LogP contribution < -0.4 is 5.32 Å². The molecule has 1 aliphatic heterocycles. The third-order valence-electron chi connectivity index (χ3n) is 4.37. The summed E-state index contributed by atoms with van der Waals surface area (Å²) in [6.07, 6.45) is 0. The number of nitrogens with one attached hydrogen (secondary N) is 1. The molecule has 0 saturated carbocycles. The summed E-state index contributed by atoms with van der Waals surface area (Å²) in [5, 5.41) is 5.07. The van der Waals surface area contributed by atoms with Crippen LogP contribution in [0, 0.1) is 12.7 Å². The fraction of sp³-hybridized carbons (Fsp3) is 0.421. The number of rotatable bonds is 7. The van der Waals surface area contributed by atoms with Crippen molar-refractivity contribution in [3.63, 3.8) is 0 Å². The largest absolute Gasteiger partial charge is 0.379 e. The van der Waals surface area contributed by atoms with Crippen LogP contribution in [-0.4, -0.2) is 72.5 Å². The summed E-state index contributed by atoms with van der Waals surface area (Å²) in [5.41, 5.74) is 1.17. The molecule has 0 radical (unpaired) electrons. The summed E-state index contributed by atoms with van der Waals surface area (Å²) in [5.74, 6) is -1.03. The molecule has 1 aromatic carbocycles. The second-order valence-corrected chi connectivity index (χ2v) is 7.39. The van der Waals surface area contributed by atoms with E-state index in [1.54, 1.807) is 0 Å². The van der Waals surface area contributed by atoms with Crippen LogP contribution in [0.15, 0.2) is 29.6 Å². The first-order valence-electron chi connectivity index (χ1n) is 9.08. The lowest BCUT2D eigenvalue weighted by atomic mass is 10.2. The zero-order valence-corrected chi connectivity index (χ0v) is 16.5. The summed E-state index contributed by atoms with van der Waals surface area (Å²) >= 11 is 1.34. The highest BCUT2D eigenvalue weighted by Gasteiger charge is 2.21. The van der Waals surface area contributed by atoms with Crippen molar-refractivity contribution in [3.8, 4) is 0 Å². The van der Waals surface area contributed by atoms with Gasteiger partial charge in [-0.05, 0) is 31.2 Å². The Morgan fingerprint density at radius 2 is 2.00 bits per heavy atom. The third kappa shape index (κ3) is 5.82. The van der Waals surface area contributed by atoms with E-state index in [1.165, 1.54) is 40.5 Å². The maximum Gasteiger partial charge on any atom is 0.254 e. The quantitative estimate of drug-likeness (QED) is 0.761. The lowest BCUT2D eigenvalue weighted by molar-refractivity contribution is -0.117. The minimum absolute atomic E-state index is 0.0980. The van der Waals surface area contributed by atoms with Gasteiger partial charge in [-0.25, -0.2) is 9.37 Å². The molecule has 2 heterocycles. The first kappa shape index (κ1) is 20.4. The van der Waals surface area contributed by atoms with Crippen LogP contribution in [0.3, 0.4) is 0 Å². The van der Waals surface area contributed by atoms with E-state index < -0.39 is 5.82 Å². The lowest BCUT2D eigenvalue weighted by Crippen LogP contribution is -2.45. The van der Waals surface area contributed by atoms with E-state index in [0.717, 1.165) is 18.8 Å². The number of anilines is 1. The number of aryl methyl sites for hydroxylation is 1. The zero-order chi connectivity index (χ0) is 19.9. The molecule has 150 valence electrons. The predicted molar refractivity (Wildman–Crippen MR) is 105 cm³/mol. The van der Waals surface area contributed by atoms with Gasteiger partial charge in [0.05, 0.1) is 18.9 Å². The number of thiazole rings is 1. The highest BCUT2D eigenvalue weighted by molar-refractivity contribution is 7.13. The van der Waals surface area contributed by atoms with Crippen molar-refractivity contribution in [2.75, 3.05) is 51.3 Å². The average Bonchev–Trinajstić information content (AvgIpc) is 3.10. The van der Waals surface area contributed by atoms with Gasteiger partial charge in [-0.2, -0.15) is 0 Å². The number of hydrogen-bond donors (Lipinski definition) is 1. The monoisotopic (exact) mass is 406 g/mol. The van der Waals surface area contributed by atoms with Gasteiger partial charge in [-0.1, -0.05) is 0 Å². The van der Waals surface area contributed by atoms with Crippen LogP contribution in [-0.2, 0) is 9.53 Å². The minimum atomic E-state index is -0.409. The number of nitrogens with zero attached hydrogens (tertiary/aromatic N) is 3. The highest BCUT2D eigenvalue weighted by atomic mass is 32.1. The van der Waals surface area contributed by atoms with Gasteiger partial charge in [-0.15, -0.1) is 11.3 Å². The molecule has 1 saturated heterocycles. The number of halogens is 1. The van der Waals surface area contributed by atoms with Crippen LogP contribution in [0.4, 0.5) is 9.52 Å². The molecule has 28 heavy (non-hydrogen) atoms. The van der Waals surface area contributed by atoms with Gasteiger partial charge in [0.2, 0.25) is 5.91 Å². The summed E-state index contributed by atoms with van der Waals surface area (Å²) < 4.78 is 18.5. The van der Waals surface area contributed by atoms with Crippen molar-refractivity contribution in [1.82, 2.24) is 14.8 Å². The van der Waals surface area contributed by atoms with Gasteiger partial charge in [-0.3, -0.25) is 14.5 Å². The van der Waals surface area contributed by atoms with Crippen molar-refractivity contribution in [1.29, 1.82) is 0 Å². The van der Waals surface area contributed by atoms with Crippen molar-refractivity contribution in [2.24, 2.45) is 0 Å². The molecular weight excluding hydrogens is 383 g/mol. The van der Waals surface area contributed by atoms with E-state index in [9.17, 15) is 14.0 Å². The number of carbonyl (C=O) groups excluding carboxylic acids is 2. The van der Waals surface area contributed by atoms with Crippen molar-refractivity contribution in [3.05, 3.63) is 46.7 Å². The second kappa shape index (κ2) is 9.72. The number of benzene rings is 1. The van der Waals surface area contributed by atoms with Crippen LogP contribution in [0.25, 0.3) is 0 Å². The van der Waals surface area contributed by atoms with Gasteiger partial charge in [0, 0.05) is 37.1 Å². The molecule has 0 bridgehead atoms. The molecule has 1 aromatic heterocycles. The smallest absolute Gasteiger partial charge is 0.254 e. The number of carbonyl (C=O) groups is 2. The van der Waals surface area contributed by atoms with Gasteiger partial charge >= 0.3 is 0 Å². The summed E-state index contributed by atoms with van der Waals surface area (Å²) in [6.45, 7) is 5.69. The van der Waals surface area contributed by atoms with Gasteiger partial charge in [0.15, 0.2) is 5.13 Å². The average molecular weight is 406 g/mol. The number of aromatic nitrogens is 1. The SMILES string of the molecule is Cc1csc(NC(=O)CN(CCN2CCOCC2)C(=O)c2ccc(F)cc2)n1. The Labute approximate surface area is 167 Å². The van der Waals surface area contributed by atoms with Gasteiger partial charge in [0.25, 0.3) is 5.91 Å². The van der Waals surface area contributed by atoms with Crippen molar-refractivity contribution < 1.29 is 18.7 Å². The van der Waals surface area contributed by atoms with E-state index in [-0.39, 0.29) is 18.4 Å². The predicted octanol–water partition coefficient (Wildman–Crippen LogP) is 2.00. The topological polar surface area (TPSA) is 74.8 Å². The fourth-order valence-electron chi connectivity index (χ4n) is 2.86. The molecule has 7 nitrogen and oxygen atoms in total. The first-order valence-corrected chi connectivity index (χ1v) is 9.96. The first-order chi connectivity index (χ1) is 13.5. The number of amides is 2. The fourth-order valence-corrected chi connectivity index (χ4v) is 3.56. The summed E-state index contributed by atoms with van der Waals surface area (Å²) in [7, 11) is 0. The van der Waals surface area contributed by atoms with Crippen LogP contribution >= 0.6 is 11.3 Å². The third-order valence-corrected chi connectivity index (χ3v) is 5.24. The molecule has 2 aromatic rings. The number of morpholine rings is 1. The minimum Gasteiger partial charge on any atom is -0.379 e. The number of ether oxygens (including phenoxy) is 1. The molecule has 0 spiro atoms. The van der Waals surface area contributed by atoms with Gasteiger partial charge < -0.3 is 15.0 Å². The Morgan fingerprint density at radius 3 is 2.64 bits per heavy atom. The van der Waals surface area contributed by atoms with Crippen LogP contribution in [0.1, 0.15) is 16.1 Å². The number of hydrogen-bond acceptors (Lipinski definition) is 6. The summed E-state index contributed by atoms with van der Waals surface area (Å²) in [6, 6.07) is 5.35. The van der Waals surface area contributed by atoms with Crippen LogP contribution in [0.5, 0.6) is 0 Å². The molecule has 1 N–H and O–H groups in total. The molecule has 9 heteroatoms. The van der Waals surface area contributed by atoms with Crippen LogP contribution in [0.2, 0.25) is 0 Å². The van der Waals surface area contributed by atoms with Crippen molar-refractivity contribution in [2.45, 2.75) is 6.92 Å². The molecule has 0 unspecified atom stereocenters. The maximum atomic E-state index is 13.2. The zero-order valence-electron chi connectivity index (χ0n) is 15.7. The normalized spacial score (nSPS) is 14.6. The molecule has 1 fully saturated rings. The Hall–Kier alpha value is -2.36. The highest BCUT2D eigenvalue weighted by Crippen LogP contribution is 2.14. The van der Waals surface area contributed by atoms with E-state index >= 15 is 0 Å². The second-order valence-electron chi connectivity index (χ2n) is 6.53. The molecular formula is C19H23FN4O3S. The van der Waals surface area contributed by atoms with E-state index in [0.29, 0.717) is 37.0 Å². The Balaban J connectivity index is 1.66. The van der Waals surface area contributed by atoms with E-state index in [4.69, 9.17) is 4.74 Å². The Morgan fingerprint density at radius 1 is 1.29 bits per heavy atom. The lowest BCUT2D eigenvalue weighted by Gasteiger charge is -2.30. The molecule has 1 aliphatic rings. The molecule has 2 amide bonds. The van der Waals surface area contributed by atoms with Gasteiger partial charge in [0.1, 0.15) is 12.4 Å². The molecule has 0 atom stereocenters. The maximum absolute atomic E-state index is 13.2. The Bertz CT molecular complexity index is 806. The summed E-state index contributed by atoms with van der Waals surface area (Å²) in [4.78, 5) is 33.2. The van der Waals surface area contributed by atoms with E-state index in [1.807, 2.05) is 12.3 Å². The molecule has 0 aliphatic carbocycles. The van der Waals surface area contributed by atoms with Crippen molar-refractivity contribution >= 4 is 28.3 Å².